The predicted octanol–water partition coefficient (Wildman–Crippen LogP) is 13.7. The molecule has 5 heteroatoms. The number of benzene rings is 7. The number of hydrogen-bond acceptors (Lipinski definition) is 3. The Hall–Kier alpha value is -5.78. The highest BCUT2D eigenvalue weighted by molar-refractivity contribution is 7.01. The number of rotatable bonds is 5. The van der Waals surface area contributed by atoms with Crippen LogP contribution in [-0.4, -0.2) is 25.9 Å². The zero-order valence-corrected chi connectivity index (χ0v) is 41.0. The van der Waals surface area contributed by atoms with Gasteiger partial charge in [-0.05, 0) is 126 Å². The Morgan fingerprint density at radius 3 is 1.68 bits per heavy atom. The van der Waals surface area contributed by atoms with E-state index >= 15 is 0 Å². The average molecular weight is 876 g/mol. The minimum Gasteiger partial charge on any atom is -0.335 e. The highest BCUT2D eigenvalue weighted by atomic mass is 28.3. The van der Waals surface area contributed by atoms with Crippen LogP contribution in [0.25, 0.3) is 22.3 Å². The van der Waals surface area contributed by atoms with E-state index in [0.717, 1.165) is 0 Å². The molecule has 0 spiro atoms. The highest BCUT2D eigenvalue weighted by Gasteiger charge is 2.63. The summed E-state index contributed by atoms with van der Waals surface area (Å²) in [5.74, 6) is 0. The third kappa shape index (κ3) is 5.27. The van der Waals surface area contributed by atoms with Crippen LogP contribution >= 0.6 is 0 Å². The summed E-state index contributed by atoms with van der Waals surface area (Å²) in [4.78, 5) is 8.45. The minimum absolute atomic E-state index is 0.0250. The number of hydrogen-bond donors (Lipinski definition) is 0. The van der Waals surface area contributed by atoms with Gasteiger partial charge in [0.05, 0.1) is 19.2 Å². The first-order valence-electron chi connectivity index (χ1n) is 25.1. The second-order valence-electron chi connectivity index (χ2n) is 22.7. The zero-order chi connectivity index (χ0) is 45.0. The van der Waals surface area contributed by atoms with E-state index in [1.807, 2.05) is 0 Å². The Kier molecular flexibility index (Phi) is 8.52. The molecule has 2 saturated carbocycles. The van der Waals surface area contributed by atoms with E-state index in [9.17, 15) is 0 Å². The molecule has 7 aromatic carbocycles. The molecule has 328 valence electrons. The van der Waals surface area contributed by atoms with Crippen LogP contribution in [0, 0.1) is 0 Å². The van der Waals surface area contributed by atoms with Crippen LogP contribution in [0.2, 0.25) is 19.6 Å². The summed E-state index contributed by atoms with van der Waals surface area (Å²) in [6, 6.07) is 59.0. The molecule has 0 radical (unpaired) electrons. The molecular weight excluding hydrogens is 814 g/mol. The quantitative estimate of drug-likeness (QED) is 0.160. The normalized spacial score (nSPS) is 25.4. The van der Waals surface area contributed by atoms with Gasteiger partial charge in [0.25, 0.3) is 6.71 Å². The van der Waals surface area contributed by atoms with E-state index in [1.165, 1.54) is 135 Å². The van der Waals surface area contributed by atoms with Gasteiger partial charge < -0.3 is 14.7 Å². The standard InChI is InChI=1S/C61H62BN3Si/c1-58-32-16-18-34-60(58,3)64(52-25-15-14-24-48(52)58)46-37-54-56-55(38-46)65-57-49(59(2)33-17-19-35-61(59,65)4)39-47(66(5,6)7)40-51(57)62(56)50-36-44(42-22-12-9-13-23-42)28-31-53(50)63(54)45-29-26-43(27-30-45)41-20-10-8-11-21-41/h8-15,20-31,36-40H,16-19,32-35H2,1-7H3. The molecule has 0 N–H and O–H groups in total. The molecule has 2 aliphatic carbocycles. The monoisotopic (exact) mass is 875 g/mol. The van der Waals surface area contributed by atoms with Crippen molar-refractivity contribution in [1.82, 2.24) is 0 Å². The fraction of sp³-hybridized carbons (Fsp3) is 0.311. The number of fused-ring (bicyclic) bond motifs is 10. The second-order valence-corrected chi connectivity index (χ2v) is 27.8. The molecule has 4 unspecified atom stereocenters. The van der Waals surface area contributed by atoms with Crippen LogP contribution in [0.4, 0.5) is 39.8 Å². The van der Waals surface area contributed by atoms with Crippen molar-refractivity contribution >= 4 is 76.2 Å². The maximum absolute atomic E-state index is 2.96. The molecular formula is C61H62BN3Si. The smallest absolute Gasteiger partial charge is 0.252 e. The van der Waals surface area contributed by atoms with Gasteiger partial charge in [-0.2, -0.15) is 0 Å². The van der Waals surface area contributed by atoms with Gasteiger partial charge in [0.15, 0.2) is 0 Å². The first kappa shape index (κ1) is 40.5. The van der Waals surface area contributed by atoms with Crippen molar-refractivity contribution in [1.29, 1.82) is 0 Å². The third-order valence-electron chi connectivity index (χ3n) is 18.5. The number of anilines is 7. The fourth-order valence-corrected chi connectivity index (χ4v) is 15.7. The van der Waals surface area contributed by atoms with Gasteiger partial charge in [0.2, 0.25) is 0 Å². The Morgan fingerprint density at radius 1 is 0.439 bits per heavy atom. The maximum Gasteiger partial charge on any atom is 0.252 e. The highest BCUT2D eigenvalue weighted by Crippen LogP contribution is 2.64. The van der Waals surface area contributed by atoms with Crippen molar-refractivity contribution in [3.8, 4) is 22.3 Å². The van der Waals surface area contributed by atoms with Gasteiger partial charge in [0, 0.05) is 50.6 Å². The second kappa shape index (κ2) is 13.9. The molecule has 0 amide bonds. The van der Waals surface area contributed by atoms with Crippen LogP contribution in [0.15, 0.2) is 152 Å². The van der Waals surface area contributed by atoms with Crippen LogP contribution in [0.5, 0.6) is 0 Å². The molecule has 4 aliphatic heterocycles. The fourth-order valence-electron chi connectivity index (χ4n) is 14.5. The molecule has 2 fully saturated rings. The molecule has 66 heavy (non-hydrogen) atoms. The Labute approximate surface area is 394 Å². The number of para-hydroxylation sites is 1. The summed E-state index contributed by atoms with van der Waals surface area (Å²) in [7, 11) is -1.75. The van der Waals surface area contributed by atoms with Gasteiger partial charge in [-0.15, -0.1) is 0 Å². The minimum atomic E-state index is -1.75. The van der Waals surface area contributed by atoms with Crippen molar-refractivity contribution in [2.24, 2.45) is 0 Å². The Bertz CT molecular complexity index is 3120. The lowest BCUT2D eigenvalue weighted by Gasteiger charge is -2.53. The van der Waals surface area contributed by atoms with Crippen LogP contribution < -0.4 is 36.3 Å². The predicted molar refractivity (Wildman–Crippen MR) is 285 cm³/mol. The lowest BCUT2D eigenvalue weighted by atomic mass is 9.33. The summed E-state index contributed by atoms with van der Waals surface area (Å²) in [6.07, 6.45) is 9.88. The lowest BCUT2D eigenvalue weighted by molar-refractivity contribution is 0.194. The van der Waals surface area contributed by atoms with E-state index in [4.69, 9.17) is 0 Å². The van der Waals surface area contributed by atoms with E-state index < -0.39 is 8.07 Å². The summed E-state index contributed by atoms with van der Waals surface area (Å²) >= 11 is 0. The summed E-state index contributed by atoms with van der Waals surface area (Å²) in [5, 5.41) is 1.59. The first-order valence-corrected chi connectivity index (χ1v) is 28.6. The summed E-state index contributed by atoms with van der Waals surface area (Å²) < 4.78 is 0. The van der Waals surface area contributed by atoms with Crippen molar-refractivity contribution < 1.29 is 0 Å². The lowest BCUT2D eigenvalue weighted by Crippen LogP contribution is -2.65. The van der Waals surface area contributed by atoms with Crippen LogP contribution in [0.1, 0.15) is 90.2 Å². The van der Waals surface area contributed by atoms with Gasteiger partial charge in [0.1, 0.15) is 0 Å². The molecule has 3 nitrogen and oxygen atoms in total. The van der Waals surface area contributed by atoms with E-state index in [1.54, 1.807) is 10.8 Å². The molecule has 6 aliphatic rings. The van der Waals surface area contributed by atoms with Crippen LogP contribution in [0.3, 0.4) is 0 Å². The molecule has 0 aromatic heterocycles. The molecule has 13 rings (SSSR count). The molecule has 0 saturated heterocycles. The summed E-state index contributed by atoms with van der Waals surface area (Å²) in [6.45, 7) is 18.2. The zero-order valence-electron chi connectivity index (χ0n) is 40.0. The molecule has 0 bridgehead atoms. The topological polar surface area (TPSA) is 9.72 Å². The molecule has 7 aromatic rings. The van der Waals surface area contributed by atoms with Crippen molar-refractivity contribution in [2.75, 3.05) is 14.7 Å². The molecule has 4 atom stereocenters. The van der Waals surface area contributed by atoms with Crippen molar-refractivity contribution in [3.05, 3.63) is 163 Å². The Balaban J connectivity index is 1.15. The van der Waals surface area contributed by atoms with Crippen molar-refractivity contribution in [2.45, 2.75) is 121 Å². The summed E-state index contributed by atoms with van der Waals surface area (Å²) in [5.41, 5.74) is 22.0. The average Bonchev–Trinajstić information content (AvgIpc) is 3.68. The maximum atomic E-state index is 2.96. The largest absolute Gasteiger partial charge is 0.335 e. The first-order chi connectivity index (χ1) is 31.8. The van der Waals surface area contributed by atoms with Crippen molar-refractivity contribution in [3.63, 3.8) is 0 Å². The van der Waals surface area contributed by atoms with E-state index in [-0.39, 0.29) is 28.6 Å². The van der Waals surface area contributed by atoms with Crippen LogP contribution in [-0.2, 0) is 10.8 Å². The van der Waals surface area contributed by atoms with Gasteiger partial charge >= 0.3 is 0 Å². The van der Waals surface area contributed by atoms with Gasteiger partial charge in [-0.1, -0.05) is 180 Å². The molecule has 4 heterocycles. The van der Waals surface area contributed by atoms with E-state index in [2.05, 4.69) is 214 Å². The number of nitrogens with zero attached hydrogens (tertiary/aromatic N) is 3. The van der Waals surface area contributed by atoms with E-state index in [0.29, 0.717) is 0 Å². The van der Waals surface area contributed by atoms with Gasteiger partial charge in [-0.3, -0.25) is 0 Å². The SMILES string of the molecule is CC12CCCCC1(C)N(c1cc3c4c(c1)N1c5c(cc([Si](C)(C)C)cc5C5(C)CCCCC15C)B4c1cc(-c4ccccc4)ccc1N3c1ccc(-c3ccccc3)cc1)c1ccccc12. The van der Waals surface area contributed by atoms with Gasteiger partial charge in [-0.25, -0.2) is 0 Å². The Morgan fingerprint density at radius 2 is 1.00 bits per heavy atom. The third-order valence-corrected chi connectivity index (χ3v) is 20.5.